The van der Waals surface area contributed by atoms with Crippen LogP contribution in [0.1, 0.15) is 50.5 Å². The maximum absolute atomic E-state index is 15.6. The van der Waals surface area contributed by atoms with Crippen LogP contribution in [-0.2, 0) is 10.7 Å². The van der Waals surface area contributed by atoms with Crippen molar-refractivity contribution in [1.29, 1.82) is 5.26 Å². The van der Waals surface area contributed by atoms with Crippen LogP contribution in [0.15, 0.2) is 79.1 Å². The highest BCUT2D eigenvalue weighted by Gasteiger charge is 2.51. The zero-order chi connectivity index (χ0) is 34.5. The molecule has 0 bridgehead atoms. The standard InChI is InChI=1S/C34H27ClF2N6O5/c1-18-30-27(17-41(18)19(2)44)43-31(26(16-39-43)40-32(45)20-5-12-28(47-3)21(13-20)15-38)33(46)42(30)24-9-6-22(7-10-24)34(36,37)23-8-11-25(35)29(14-23)48-4/h5-14,16,27,30H,1,17H2,2-4H3,(H,40,45)/t27-,30-/m0/s1. The van der Waals surface area contributed by atoms with E-state index >= 15 is 8.78 Å². The molecule has 1 saturated heterocycles. The number of carbonyl (C=O) groups excluding carboxylic acids is 3. The molecule has 2 aliphatic rings. The van der Waals surface area contributed by atoms with Crippen LogP contribution < -0.4 is 19.7 Å². The monoisotopic (exact) mass is 672 g/mol. The third kappa shape index (κ3) is 5.20. The number of hydrogen-bond donors (Lipinski definition) is 1. The van der Waals surface area contributed by atoms with Gasteiger partial charge in [-0.3, -0.25) is 24.0 Å². The van der Waals surface area contributed by atoms with E-state index in [4.69, 9.17) is 21.1 Å². The number of amides is 3. The number of nitrogens with zero attached hydrogens (tertiary/aromatic N) is 5. The molecule has 0 saturated carbocycles. The van der Waals surface area contributed by atoms with Gasteiger partial charge in [0.1, 0.15) is 23.6 Å². The number of alkyl halides is 2. The highest BCUT2D eigenvalue weighted by Crippen LogP contribution is 2.44. The second-order valence-corrected chi connectivity index (χ2v) is 11.5. The number of halogens is 3. The molecule has 2 atom stereocenters. The number of benzene rings is 3. The Balaban J connectivity index is 1.37. The third-order valence-corrected chi connectivity index (χ3v) is 8.78. The number of fused-ring (bicyclic) bond motifs is 3. The number of methoxy groups -OCH3 is 2. The average Bonchev–Trinajstić information content (AvgIpc) is 3.66. The van der Waals surface area contributed by atoms with Crippen LogP contribution in [0.3, 0.4) is 0 Å². The fourth-order valence-electron chi connectivity index (χ4n) is 6.07. The van der Waals surface area contributed by atoms with Crippen molar-refractivity contribution in [3.63, 3.8) is 0 Å². The van der Waals surface area contributed by atoms with Crippen molar-refractivity contribution in [3.8, 4) is 17.6 Å². The molecule has 2 aliphatic heterocycles. The first-order chi connectivity index (χ1) is 22.9. The average molecular weight is 673 g/mol. The zero-order valence-corrected chi connectivity index (χ0v) is 26.6. The van der Waals surface area contributed by atoms with Crippen LogP contribution in [0.5, 0.6) is 11.5 Å². The molecule has 0 unspecified atom stereocenters. The van der Waals surface area contributed by atoms with E-state index < -0.39 is 29.8 Å². The van der Waals surface area contributed by atoms with Gasteiger partial charge in [0.2, 0.25) is 5.91 Å². The molecule has 3 heterocycles. The molecule has 3 aromatic carbocycles. The minimum absolute atomic E-state index is 0.0134. The number of hydrogen-bond acceptors (Lipinski definition) is 7. The fourth-order valence-corrected chi connectivity index (χ4v) is 6.26. The maximum Gasteiger partial charge on any atom is 0.298 e. The van der Waals surface area contributed by atoms with Gasteiger partial charge in [-0.25, -0.2) is 0 Å². The van der Waals surface area contributed by atoms with Gasteiger partial charge in [0.05, 0.1) is 49.3 Å². The molecule has 0 aliphatic carbocycles. The third-order valence-electron chi connectivity index (χ3n) is 8.46. The zero-order valence-electron chi connectivity index (χ0n) is 25.8. The highest BCUT2D eigenvalue weighted by atomic mass is 35.5. The summed E-state index contributed by atoms with van der Waals surface area (Å²) in [7, 11) is 2.73. The number of aromatic nitrogens is 2. The van der Waals surface area contributed by atoms with Crippen LogP contribution >= 0.6 is 11.6 Å². The molecule has 1 N–H and O–H groups in total. The molecule has 6 rings (SSSR count). The van der Waals surface area contributed by atoms with Crippen molar-refractivity contribution in [1.82, 2.24) is 14.7 Å². The van der Waals surface area contributed by atoms with Gasteiger partial charge < -0.3 is 19.7 Å². The maximum atomic E-state index is 15.6. The predicted octanol–water partition coefficient (Wildman–Crippen LogP) is 5.76. The molecule has 11 nitrogen and oxygen atoms in total. The Morgan fingerprint density at radius 3 is 2.40 bits per heavy atom. The van der Waals surface area contributed by atoms with Crippen LogP contribution in [0, 0.1) is 11.3 Å². The fraction of sp³-hybridized carbons (Fsp3) is 0.206. The van der Waals surface area contributed by atoms with E-state index in [-0.39, 0.29) is 62.5 Å². The van der Waals surface area contributed by atoms with Gasteiger partial charge in [0, 0.05) is 35.0 Å². The second-order valence-electron chi connectivity index (χ2n) is 11.1. The number of ether oxygens (including phenoxy) is 2. The Bertz CT molecular complexity index is 2040. The van der Waals surface area contributed by atoms with Gasteiger partial charge >= 0.3 is 0 Å². The molecule has 4 aromatic rings. The van der Waals surface area contributed by atoms with Crippen LogP contribution in [0.2, 0.25) is 5.02 Å². The lowest BCUT2D eigenvalue weighted by Crippen LogP contribution is -2.50. The first-order valence-electron chi connectivity index (χ1n) is 14.5. The first-order valence-corrected chi connectivity index (χ1v) is 14.9. The lowest BCUT2D eigenvalue weighted by atomic mass is 9.98. The number of likely N-dealkylation sites (tertiary alicyclic amines) is 1. The minimum atomic E-state index is -3.43. The van der Waals surface area contributed by atoms with Crippen molar-refractivity contribution in [2.24, 2.45) is 0 Å². The number of nitrogens with one attached hydrogen (secondary N) is 1. The minimum Gasteiger partial charge on any atom is -0.495 e. The van der Waals surface area contributed by atoms with Gasteiger partial charge in [-0.05, 0) is 42.5 Å². The van der Waals surface area contributed by atoms with Crippen molar-refractivity contribution in [2.45, 2.75) is 24.9 Å². The quantitative estimate of drug-likeness (QED) is 0.264. The molecule has 1 aromatic heterocycles. The van der Waals surface area contributed by atoms with Gasteiger partial charge in [-0.15, -0.1) is 0 Å². The molecule has 48 heavy (non-hydrogen) atoms. The highest BCUT2D eigenvalue weighted by molar-refractivity contribution is 6.32. The van der Waals surface area contributed by atoms with Crippen LogP contribution in [0.25, 0.3) is 0 Å². The molecule has 0 radical (unpaired) electrons. The summed E-state index contributed by atoms with van der Waals surface area (Å²) in [5.74, 6) is -4.56. The summed E-state index contributed by atoms with van der Waals surface area (Å²) in [5.41, 5.74) is 0.277. The van der Waals surface area contributed by atoms with E-state index in [1.807, 2.05) is 6.07 Å². The lowest BCUT2D eigenvalue weighted by molar-refractivity contribution is -0.126. The summed E-state index contributed by atoms with van der Waals surface area (Å²) in [6.45, 7) is 5.59. The predicted molar refractivity (Wildman–Crippen MR) is 171 cm³/mol. The summed E-state index contributed by atoms with van der Waals surface area (Å²) in [6.07, 6.45) is 1.32. The Labute approximate surface area is 278 Å². The summed E-state index contributed by atoms with van der Waals surface area (Å²) in [5, 5.41) is 16.7. The molecular formula is C34H27ClF2N6O5. The molecule has 244 valence electrons. The van der Waals surface area contributed by atoms with E-state index in [0.29, 0.717) is 11.4 Å². The summed E-state index contributed by atoms with van der Waals surface area (Å²) >= 11 is 6.04. The van der Waals surface area contributed by atoms with Gasteiger partial charge in [0.15, 0.2) is 5.69 Å². The van der Waals surface area contributed by atoms with Crippen molar-refractivity contribution in [2.75, 3.05) is 31.0 Å². The topological polar surface area (TPSA) is 130 Å². The number of anilines is 2. The van der Waals surface area contributed by atoms with Gasteiger partial charge in [-0.2, -0.15) is 19.1 Å². The molecule has 0 spiro atoms. The second kappa shape index (κ2) is 12.1. The van der Waals surface area contributed by atoms with E-state index in [2.05, 4.69) is 17.0 Å². The largest absolute Gasteiger partial charge is 0.495 e. The van der Waals surface area contributed by atoms with E-state index in [1.54, 1.807) is 0 Å². The first kappa shape index (κ1) is 32.2. The summed E-state index contributed by atoms with van der Waals surface area (Å²) in [4.78, 5) is 42.9. The summed E-state index contributed by atoms with van der Waals surface area (Å²) in [6, 6.07) is 13.8. The van der Waals surface area contributed by atoms with E-state index in [1.165, 1.54) is 96.4 Å². The SMILES string of the molecule is C=C1[C@H]2[C@H](CN1C(C)=O)n1ncc(NC(=O)c3ccc(OC)c(C#N)c3)c1C(=O)N2c1ccc(C(F)(F)c2ccc(Cl)c(OC)c2)cc1. The number of carbonyl (C=O) groups is 3. The molecule has 1 fully saturated rings. The Kier molecular flexibility index (Phi) is 8.14. The Morgan fingerprint density at radius 2 is 1.75 bits per heavy atom. The smallest absolute Gasteiger partial charge is 0.298 e. The van der Waals surface area contributed by atoms with Gasteiger partial charge in [-0.1, -0.05) is 36.4 Å². The van der Waals surface area contributed by atoms with Crippen LogP contribution in [0.4, 0.5) is 20.2 Å². The molecule has 3 amide bonds. The van der Waals surface area contributed by atoms with Crippen molar-refractivity contribution >= 4 is 40.7 Å². The molecule has 14 heteroatoms. The van der Waals surface area contributed by atoms with Crippen LogP contribution in [-0.4, -0.2) is 59.2 Å². The Hall–Kier alpha value is -5.74. The van der Waals surface area contributed by atoms with Gasteiger partial charge in [0.25, 0.3) is 17.7 Å². The summed E-state index contributed by atoms with van der Waals surface area (Å²) < 4.78 is 43.0. The Morgan fingerprint density at radius 1 is 1.06 bits per heavy atom. The number of nitriles is 1. The number of rotatable bonds is 7. The van der Waals surface area contributed by atoms with E-state index in [0.717, 1.165) is 6.07 Å². The molecular weight excluding hydrogens is 646 g/mol. The van der Waals surface area contributed by atoms with E-state index in [9.17, 15) is 19.6 Å². The normalized spacial score (nSPS) is 17.0. The van der Waals surface area contributed by atoms with Crippen molar-refractivity contribution in [3.05, 3.63) is 112 Å². The lowest BCUT2D eigenvalue weighted by Gasteiger charge is -2.38. The van der Waals surface area contributed by atoms with Crippen molar-refractivity contribution < 1.29 is 32.6 Å².